The summed E-state index contributed by atoms with van der Waals surface area (Å²) < 4.78 is 5.85. The molecule has 1 rings (SSSR count). The zero-order chi connectivity index (χ0) is 11.1. The SMILES string of the molecule is CC1CCCC(OCCCCC(N)=S)C1. The van der Waals surface area contributed by atoms with E-state index in [9.17, 15) is 0 Å². The Morgan fingerprint density at radius 1 is 1.40 bits per heavy atom. The molecule has 1 aliphatic carbocycles. The minimum atomic E-state index is 0.513. The molecule has 0 saturated heterocycles. The maximum Gasteiger partial charge on any atom is 0.0727 e. The highest BCUT2D eigenvalue weighted by Crippen LogP contribution is 2.25. The van der Waals surface area contributed by atoms with E-state index in [1.165, 1.54) is 25.7 Å². The van der Waals surface area contributed by atoms with E-state index in [2.05, 4.69) is 6.92 Å². The van der Waals surface area contributed by atoms with E-state index in [1.54, 1.807) is 0 Å². The van der Waals surface area contributed by atoms with E-state index in [1.807, 2.05) is 0 Å². The molecule has 2 nitrogen and oxygen atoms in total. The predicted octanol–water partition coefficient (Wildman–Crippen LogP) is 3.04. The topological polar surface area (TPSA) is 35.2 Å². The fourth-order valence-electron chi connectivity index (χ4n) is 2.18. The Labute approximate surface area is 98.6 Å². The van der Waals surface area contributed by atoms with Crippen molar-refractivity contribution in [1.82, 2.24) is 0 Å². The molecule has 0 amide bonds. The van der Waals surface area contributed by atoms with Gasteiger partial charge in [0.2, 0.25) is 0 Å². The van der Waals surface area contributed by atoms with Crippen LogP contribution >= 0.6 is 12.2 Å². The predicted molar refractivity (Wildman–Crippen MR) is 68.0 cm³/mol. The van der Waals surface area contributed by atoms with Crippen molar-refractivity contribution in [3.63, 3.8) is 0 Å². The number of rotatable bonds is 6. The van der Waals surface area contributed by atoms with E-state index in [0.29, 0.717) is 11.1 Å². The van der Waals surface area contributed by atoms with Crippen molar-refractivity contribution in [2.45, 2.75) is 58.0 Å². The summed E-state index contributed by atoms with van der Waals surface area (Å²) in [5, 5.41) is 0. The van der Waals surface area contributed by atoms with E-state index >= 15 is 0 Å². The van der Waals surface area contributed by atoms with Crippen LogP contribution in [-0.2, 0) is 4.74 Å². The molecule has 0 heterocycles. The van der Waals surface area contributed by atoms with Crippen LogP contribution in [0.25, 0.3) is 0 Å². The lowest BCUT2D eigenvalue weighted by Gasteiger charge is -2.26. The normalized spacial score (nSPS) is 26.5. The number of hydrogen-bond acceptors (Lipinski definition) is 2. The van der Waals surface area contributed by atoms with Gasteiger partial charge in [-0.25, -0.2) is 0 Å². The van der Waals surface area contributed by atoms with Crippen molar-refractivity contribution in [3.05, 3.63) is 0 Å². The Morgan fingerprint density at radius 3 is 2.87 bits per heavy atom. The van der Waals surface area contributed by atoms with E-state index < -0.39 is 0 Å². The summed E-state index contributed by atoms with van der Waals surface area (Å²) in [6.07, 6.45) is 8.73. The van der Waals surface area contributed by atoms with Crippen LogP contribution in [0.4, 0.5) is 0 Å². The van der Waals surface area contributed by atoms with Crippen LogP contribution in [0.5, 0.6) is 0 Å². The molecule has 0 aromatic heterocycles. The first-order valence-electron chi connectivity index (χ1n) is 6.08. The molecule has 15 heavy (non-hydrogen) atoms. The van der Waals surface area contributed by atoms with Gasteiger partial charge in [0.05, 0.1) is 11.1 Å². The van der Waals surface area contributed by atoms with E-state index in [-0.39, 0.29) is 0 Å². The third-order valence-corrected chi connectivity index (χ3v) is 3.26. The molecule has 2 unspecified atom stereocenters. The summed E-state index contributed by atoms with van der Waals surface area (Å²) >= 11 is 4.82. The summed E-state index contributed by atoms with van der Waals surface area (Å²) in [5.41, 5.74) is 5.43. The second kappa shape index (κ2) is 7.18. The minimum Gasteiger partial charge on any atom is -0.393 e. The summed E-state index contributed by atoms with van der Waals surface area (Å²) in [6.45, 7) is 3.20. The molecule has 1 fully saturated rings. The molecule has 0 radical (unpaired) electrons. The van der Waals surface area contributed by atoms with Gasteiger partial charge in [-0.1, -0.05) is 32.0 Å². The van der Waals surface area contributed by atoms with Crippen LogP contribution < -0.4 is 5.73 Å². The Bertz CT molecular complexity index is 196. The fraction of sp³-hybridized carbons (Fsp3) is 0.917. The summed E-state index contributed by atoms with van der Waals surface area (Å²) in [4.78, 5) is 0.626. The Balaban J connectivity index is 1.97. The van der Waals surface area contributed by atoms with Crippen molar-refractivity contribution < 1.29 is 4.74 Å². The number of nitrogens with two attached hydrogens (primary N) is 1. The molecular weight excluding hydrogens is 206 g/mol. The average Bonchev–Trinajstić information content (AvgIpc) is 2.17. The van der Waals surface area contributed by atoms with Gasteiger partial charge >= 0.3 is 0 Å². The molecule has 0 bridgehead atoms. The molecule has 0 spiro atoms. The van der Waals surface area contributed by atoms with Crippen molar-refractivity contribution in [1.29, 1.82) is 0 Å². The maximum atomic E-state index is 5.85. The molecular formula is C12H23NOS. The first kappa shape index (κ1) is 12.9. The van der Waals surface area contributed by atoms with Gasteiger partial charge in [0.25, 0.3) is 0 Å². The molecule has 88 valence electrons. The highest BCUT2D eigenvalue weighted by atomic mass is 32.1. The zero-order valence-electron chi connectivity index (χ0n) is 9.71. The van der Waals surface area contributed by atoms with Crippen molar-refractivity contribution >= 4 is 17.2 Å². The number of ether oxygens (including phenoxy) is 1. The maximum absolute atomic E-state index is 5.85. The minimum absolute atomic E-state index is 0.513. The van der Waals surface area contributed by atoms with Crippen molar-refractivity contribution in [2.75, 3.05) is 6.61 Å². The molecule has 1 saturated carbocycles. The zero-order valence-corrected chi connectivity index (χ0v) is 10.5. The third kappa shape index (κ3) is 6.10. The van der Waals surface area contributed by atoms with Crippen LogP contribution in [0, 0.1) is 5.92 Å². The third-order valence-electron chi connectivity index (χ3n) is 3.06. The molecule has 0 aliphatic heterocycles. The quantitative estimate of drug-likeness (QED) is 0.561. The van der Waals surface area contributed by atoms with Crippen LogP contribution in [0.15, 0.2) is 0 Å². The molecule has 0 aromatic rings. The lowest BCUT2D eigenvalue weighted by Crippen LogP contribution is -2.22. The number of thiocarbonyl (C=S) groups is 1. The van der Waals surface area contributed by atoms with Crippen molar-refractivity contribution in [2.24, 2.45) is 11.7 Å². The Kier molecular flexibility index (Phi) is 6.18. The fourth-order valence-corrected chi connectivity index (χ4v) is 2.33. The Morgan fingerprint density at radius 2 is 2.20 bits per heavy atom. The standard InChI is InChI=1S/C12H23NOS/c1-10-5-4-6-11(9-10)14-8-3-2-7-12(13)15/h10-11H,2-9H2,1H3,(H2,13,15). The lowest BCUT2D eigenvalue weighted by atomic mass is 9.89. The molecule has 0 aromatic carbocycles. The molecule has 2 N–H and O–H groups in total. The largest absolute Gasteiger partial charge is 0.393 e. The molecule has 1 aliphatic rings. The summed E-state index contributed by atoms with van der Waals surface area (Å²) in [6, 6.07) is 0. The first-order valence-corrected chi connectivity index (χ1v) is 6.49. The smallest absolute Gasteiger partial charge is 0.0727 e. The van der Waals surface area contributed by atoms with Crippen LogP contribution in [0.2, 0.25) is 0 Å². The lowest BCUT2D eigenvalue weighted by molar-refractivity contribution is 0.0141. The van der Waals surface area contributed by atoms with Gasteiger partial charge in [-0.3, -0.25) is 0 Å². The summed E-state index contributed by atoms with van der Waals surface area (Å²) in [7, 11) is 0. The highest BCUT2D eigenvalue weighted by molar-refractivity contribution is 7.80. The van der Waals surface area contributed by atoms with Gasteiger partial charge < -0.3 is 10.5 Å². The highest BCUT2D eigenvalue weighted by Gasteiger charge is 2.18. The molecule has 3 heteroatoms. The van der Waals surface area contributed by atoms with Gasteiger partial charge in [0, 0.05) is 6.61 Å². The Hall–Kier alpha value is -0.150. The van der Waals surface area contributed by atoms with Gasteiger partial charge in [-0.2, -0.15) is 0 Å². The van der Waals surface area contributed by atoms with Gasteiger partial charge in [-0.15, -0.1) is 0 Å². The monoisotopic (exact) mass is 229 g/mol. The van der Waals surface area contributed by atoms with Crippen molar-refractivity contribution in [3.8, 4) is 0 Å². The first-order chi connectivity index (χ1) is 7.18. The van der Waals surface area contributed by atoms with Crippen LogP contribution in [-0.4, -0.2) is 17.7 Å². The summed E-state index contributed by atoms with van der Waals surface area (Å²) in [5.74, 6) is 0.848. The van der Waals surface area contributed by atoms with Gasteiger partial charge in [-0.05, 0) is 38.0 Å². The second-order valence-electron chi connectivity index (χ2n) is 4.69. The molecule has 2 atom stereocenters. The van der Waals surface area contributed by atoms with E-state index in [0.717, 1.165) is 31.8 Å². The van der Waals surface area contributed by atoms with Gasteiger partial charge in [0.15, 0.2) is 0 Å². The average molecular weight is 229 g/mol. The van der Waals surface area contributed by atoms with Crippen LogP contribution in [0.1, 0.15) is 51.9 Å². The van der Waals surface area contributed by atoms with Gasteiger partial charge in [0.1, 0.15) is 0 Å². The second-order valence-corrected chi connectivity index (χ2v) is 5.21. The van der Waals surface area contributed by atoms with Crippen LogP contribution in [0.3, 0.4) is 0 Å². The number of unbranched alkanes of at least 4 members (excludes halogenated alkanes) is 1. The number of hydrogen-bond donors (Lipinski definition) is 1. The van der Waals surface area contributed by atoms with E-state index in [4.69, 9.17) is 22.7 Å².